The molecule has 2 unspecified atom stereocenters. The molecule has 113 heavy (non-hydrogen) atoms. The number of amides is 7. The van der Waals surface area contributed by atoms with E-state index in [9.17, 15) is 104 Å². The maximum atomic E-state index is 14.3. The third-order valence-electron chi connectivity index (χ3n) is 18.6. The fourth-order valence-corrected chi connectivity index (χ4v) is 15.3. The molecule has 14 atom stereocenters. The standard InChI is InChI=1S/C70H88N12O29S2/c1-32(2)51(63(71)96)77(5)69(102)108-44(38-9-11-42(40-27-36(112-61(38)40)7-15-49(86)87)106-67-57(94)53(90)55(92)59(110-67)65(98)99)25-34-29-80(75-73-34)19-17-79(48(85)31-105-24-23-104-22-21-82-46(83)13-14-47(82)84)18-20-81-30-35(74-76-81)26-45(109-70(103)78(6)52(33(3)4)64(72)97)39-10-12-43(41-28-37(113-62(39)41)8-16-50(88)89)107-68-58(95)54(91)56(93)60(111-68)66(100)101/h9-14,27-30,32-33,44-45,51-60,67-68,90-95H,7-8,15-26,31H2,1-6H3,(H2,71,96)(H2,72,97)(H,86,87)(H,88,89)(H,98,99)(H,100,101)/t44?,45?,51-,52-,53-,54-,55-,56-,57+,58+,59-,60-,67+,68+/m0/s1. The quantitative estimate of drug-likeness (QED) is 0.0164. The average molecular weight is 1630 g/mol. The molecule has 6 aromatic rings. The van der Waals surface area contributed by atoms with Crippen LogP contribution in [0.15, 0.2) is 60.9 Å². The summed E-state index contributed by atoms with van der Waals surface area (Å²) in [5, 5.41) is 121. The zero-order valence-electron chi connectivity index (χ0n) is 61.8. The van der Waals surface area contributed by atoms with Crippen LogP contribution >= 0.6 is 22.7 Å². The molecule has 43 heteroatoms. The Morgan fingerprint density at radius 3 is 1.35 bits per heavy atom. The van der Waals surface area contributed by atoms with Gasteiger partial charge in [-0.15, -0.1) is 32.9 Å². The van der Waals surface area contributed by atoms with Gasteiger partial charge in [-0.3, -0.25) is 57.6 Å². The van der Waals surface area contributed by atoms with Gasteiger partial charge in [0.2, 0.25) is 30.3 Å². The number of hydrogen-bond acceptors (Lipinski definition) is 31. The number of thiophene rings is 2. The van der Waals surface area contributed by atoms with Crippen LogP contribution in [0.3, 0.4) is 0 Å². The van der Waals surface area contributed by atoms with Gasteiger partial charge in [0.1, 0.15) is 79.0 Å². The number of nitrogens with two attached hydrogens (primary N) is 2. The Bertz CT molecular complexity index is 4230. The normalized spacial score (nSPS) is 21.5. The van der Waals surface area contributed by atoms with Crippen LogP contribution < -0.4 is 20.9 Å². The predicted molar refractivity (Wildman–Crippen MR) is 387 cm³/mol. The first-order valence-corrected chi connectivity index (χ1v) is 37.1. The first kappa shape index (κ1) is 86.5. The molecular formula is C70H88N12O29S2. The van der Waals surface area contributed by atoms with Crippen molar-refractivity contribution in [2.45, 2.75) is 165 Å². The first-order valence-electron chi connectivity index (χ1n) is 35.4. The molecule has 3 aliphatic rings. The van der Waals surface area contributed by atoms with Crippen LogP contribution in [0.1, 0.15) is 85.0 Å². The number of fused-ring (bicyclic) bond motifs is 2. The summed E-state index contributed by atoms with van der Waals surface area (Å²) in [5.41, 5.74) is 12.4. The zero-order chi connectivity index (χ0) is 82.6. The van der Waals surface area contributed by atoms with Crippen molar-refractivity contribution in [3.8, 4) is 11.5 Å². The maximum Gasteiger partial charge on any atom is 0.410 e. The second-order valence-corrected chi connectivity index (χ2v) is 29.7. The van der Waals surface area contributed by atoms with Crippen LogP contribution in [-0.4, -0.2) is 300 Å². The number of rotatable bonds is 40. The van der Waals surface area contributed by atoms with E-state index >= 15 is 0 Å². The predicted octanol–water partition coefficient (Wildman–Crippen LogP) is -0.913. The molecule has 614 valence electrons. The molecule has 2 aromatic carbocycles. The zero-order valence-corrected chi connectivity index (χ0v) is 63.4. The van der Waals surface area contributed by atoms with Gasteiger partial charge in [0.15, 0.2) is 12.2 Å². The third-order valence-corrected chi connectivity index (χ3v) is 21.1. The van der Waals surface area contributed by atoms with Gasteiger partial charge in [0.05, 0.1) is 63.7 Å². The Labute approximate surface area is 650 Å². The summed E-state index contributed by atoms with van der Waals surface area (Å²) in [4.78, 5) is 146. The number of primary amides is 2. The highest BCUT2D eigenvalue weighted by Crippen LogP contribution is 2.44. The van der Waals surface area contributed by atoms with Crippen molar-refractivity contribution in [1.82, 2.24) is 49.6 Å². The van der Waals surface area contributed by atoms with Gasteiger partial charge in [-0.2, -0.15) is 0 Å². The monoisotopic (exact) mass is 1620 g/mol. The summed E-state index contributed by atoms with van der Waals surface area (Å²) in [6.45, 7) is 5.55. The second-order valence-electron chi connectivity index (χ2n) is 27.4. The fourth-order valence-electron chi connectivity index (χ4n) is 12.9. The van der Waals surface area contributed by atoms with Crippen LogP contribution in [0.25, 0.3) is 20.2 Å². The number of hydrogen-bond donors (Lipinski definition) is 12. The highest BCUT2D eigenvalue weighted by atomic mass is 32.1. The van der Waals surface area contributed by atoms with Gasteiger partial charge in [-0.1, -0.05) is 50.3 Å². The molecule has 2 fully saturated rings. The number of aryl methyl sites for hydroxylation is 2. The minimum absolute atomic E-state index is 0.0209. The number of aliphatic hydroxyl groups excluding tert-OH is 6. The third kappa shape index (κ3) is 21.5. The summed E-state index contributed by atoms with van der Waals surface area (Å²) >= 11 is 2.14. The number of nitrogens with zero attached hydrogens (tertiary/aromatic N) is 10. The largest absolute Gasteiger partial charge is 0.481 e. The van der Waals surface area contributed by atoms with E-state index in [1.54, 1.807) is 39.8 Å². The maximum absolute atomic E-state index is 14.3. The van der Waals surface area contributed by atoms with Crippen molar-refractivity contribution in [3.63, 3.8) is 0 Å². The molecule has 41 nitrogen and oxygen atoms in total. The van der Waals surface area contributed by atoms with Crippen LogP contribution in [-0.2, 0) is 110 Å². The summed E-state index contributed by atoms with van der Waals surface area (Å²) < 4.78 is 50.0. The Balaban J connectivity index is 0.997. The van der Waals surface area contributed by atoms with E-state index < -0.39 is 170 Å². The second kappa shape index (κ2) is 38.4. The van der Waals surface area contributed by atoms with Crippen molar-refractivity contribution < 1.29 is 142 Å². The average Bonchev–Trinajstić information content (AvgIpc) is 1.68. The minimum Gasteiger partial charge on any atom is -0.481 e. The lowest BCUT2D eigenvalue weighted by atomic mass is 9.99. The molecule has 3 aliphatic heterocycles. The van der Waals surface area contributed by atoms with Gasteiger partial charge in [0, 0.05) is 106 Å². The van der Waals surface area contributed by atoms with E-state index in [0.29, 0.717) is 19.2 Å². The number of imide groups is 1. The molecule has 14 N–H and O–H groups in total. The smallest absolute Gasteiger partial charge is 0.410 e. The lowest BCUT2D eigenvalue weighted by Crippen LogP contribution is -2.61. The van der Waals surface area contributed by atoms with Crippen LogP contribution in [0.4, 0.5) is 9.59 Å². The topological polar surface area (TPSA) is 590 Å². The molecule has 2 saturated heterocycles. The van der Waals surface area contributed by atoms with Gasteiger partial charge in [-0.25, -0.2) is 19.2 Å². The van der Waals surface area contributed by atoms with Crippen molar-refractivity contribution in [2.75, 3.05) is 60.2 Å². The number of carbonyl (C=O) groups excluding carboxylic acids is 7. The highest BCUT2D eigenvalue weighted by Gasteiger charge is 2.50. The number of aliphatic carboxylic acids is 4. The summed E-state index contributed by atoms with van der Waals surface area (Å²) in [7, 11) is 2.62. The molecule has 0 bridgehead atoms. The van der Waals surface area contributed by atoms with Crippen molar-refractivity contribution in [2.24, 2.45) is 23.3 Å². The molecule has 0 aliphatic carbocycles. The lowest BCUT2D eigenvalue weighted by molar-refractivity contribution is -0.270. The Morgan fingerprint density at radius 1 is 0.558 bits per heavy atom. The Kier molecular flexibility index (Phi) is 29.4. The number of ether oxygens (including phenoxy) is 8. The molecule has 4 aromatic heterocycles. The van der Waals surface area contributed by atoms with E-state index in [0.717, 1.165) is 49.5 Å². The fraction of sp³-hybridized carbons (Fsp3) is 0.529. The van der Waals surface area contributed by atoms with Gasteiger partial charge in [-0.05, 0) is 48.9 Å². The van der Waals surface area contributed by atoms with E-state index in [-0.39, 0.29) is 136 Å². The highest BCUT2D eigenvalue weighted by molar-refractivity contribution is 7.19. The van der Waals surface area contributed by atoms with Crippen molar-refractivity contribution in [3.05, 3.63) is 93.2 Å². The molecule has 9 rings (SSSR count). The number of carbonyl (C=O) groups is 11. The van der Waals surface area contributed by atoms with Gasteiger partial charge < -0.3 is 105 Å². The first-order chi connectivity index (χ1) is 53.5. The number of carboxylic acids is 4. The van der Waals surface area contributed by atoms with Crippen LogP contribution in [0.2, 0.25) is 0 Å². The van der Waals surface area contributed by atoms with Gasteiger partial charge in [0.25, 0.3) is 11.8 Å². The number of carboxylic acid groups (broad SMARTS) is 4. The molecule has 0 spiro atoms. The van der Waals surface area contributed by atoms with E-state index in [2.05, 4.69) is 20.6 Å². The molecular weight excluding hydrogens is 1540 g/mol. The summed E-state index contributed by atoms with van der Waals surface area (Å²) in [6.07, 6.45) is -20.6. The SMILES string of the molecule is CC(C)[C@@H](C(N)=O)N(C)C(=O)OC(Cc1cn(CCN(CCn2cc(CC(OC(=O)N(C)[C@H](C(N)=O)C(C)C)c3ccc(O[C@@H]4O[C@H](C(=O)O)[C@@H](O)[C@H](O)[C@H]4O)c4cc(CCC(=O)O)sc34)nn2)C(=O)COCCOCCN2C(=O)C=CC2=O)nn1)c1ccc(O[C@@H]2O[C@H](C(=O)O)[C@@H](O)[C@H](O)[C@H]2O)c2cc(CCC(=O)O)sc12. The number of benzene rings is 2. The van der Waals surface area contributed by atoms with E-state index in [1.807, 2.05) is 0 Å². The number of likely N-dealkylation sites (N-methyl/N-ethyl adjacent to an activating group) is 2. The molecule has 0 saturated carbocycles. The number of aromatic nitrogens is 6. The number of aliphatic hydroxyl groups is 6. The van der Waals surface area contributed by atoms with Crippen molar-refractivity contribution in [1.29, 1.82) is 0 Å². The van der Waals surface area contributed by atoms with E-state index in [4.69, 9.17) is 49.4 Å². The van der Waals surface area contributed by atoms with E-state index in [1.165, 1.54) is 65.0 Å². The minimum atomic E-state index is -2.05. The molecule has 7 heterocycles. The Morgan fingerprint density at radius 2 is 0.965 bits per heavy atom. The van der Waals surface area contributed by atoms with Crippen LogP contribution in [0, 0.1) is 11.8 Å². The van der Waals surface area contributed by atoms with Crippen molar-refractivity contribution >= 4 is 108 Å². The van der Waals surface area contributed by atoms with Crippen LogP contribution in [0.5, 0.6) is 11.5 Å². The Hall–Kier alpha value is -10.5. The summed E-state index contributed by atoms with van der Waals surface area (Å²) in [5.74, 6) is -10.0. The summed E-state index contributed by atoms with van der Waals surface area (Å²) in [6, 6.07) is 6.44. The lowest BCUT2D eigenvalue weighted by Gasteiger charge is -2.38. The van der Waals surface area contributed by atoms with Gasteiger partial charge >= 0.3 is 36.1 Å². The molecule has 0 radical (unpaired) electrons. The molecule has 7 amide bonds.